The Balaban J connectivity index is 0.000000867. The third kappa shape index (κ3) is 21.6. The molecule has 0 aliphatic carbocycles. The van der Waals surface area contributed by atoms with Gasteiger partial charge >= 0.3 is 8.60 Å². The topological polar surface area (TPSA) is 38.7 Å². The van der Waals surface area contributed by atoms with Gasteiger partial charge in [0, 0.05) is 0 Å². The Kier molecular flexibility index (Phi) is 18.9. The van der Waals surface area contributed by atoms with Gasteiger partial charge in [-0.1, -0.05) is 103 Å². The summed E-state index contributed by atoms with van der Waals surface area (Å²) in [5, 5.41) is 0. The fourth-order valence-electron chi connectivity index (χ4n) is 2.37. The predicted octanol–water partition coefficient (Wildman–Crippen LogP) is 7.36. The summed E-state index contributed by atoms with van der Waals surface area (Å²) >= 11 is 0. The monoisotopic (exact) mass is 384 g/mol. The predicted molar refractivity (Wildman–Crippen MR) is 114 cm³/mol. The van der Waals surface area contributed by atoms with Crippen LogP contribution in [0.2, 0.25) is 0 Å². The Hall–Kier alpha value is -0.470. The molecule has 1 rings (SSSR count). The summed E-state index contributed by atoms with van der Waals surface area (Å²) in [6.07, 6.45) is 9.45. The molecule has 4 heteroatoms. The van der Waals surface area contributed by atoms with E-state index in [0.717, 1.165) is 24.7 Å². The second-order valence-corrected chi connectivity index (χ2v) is 8.54. The summed E-state index contributed by atoms with van der Waals surface area (Å²) in [5.41, 5.74) is 0. The van der Waals surface area contributed by atoms with Gasteiger partial charge in [0.05, 0.1) is 13.2 Å². The van der Waals surface area contributed by atoms with Gasteiger partial charge in [-0.05, 0) is 24.7 Å². The van der Waals surface area contributed by atoms with Crippen molar-refractivity contribution in [2.75, 3.05) is 13.2 Å². The van der Waals surface area contributed by atoms with E-state index in [4.69, 9.17) is 9.05 Å². The fraction of sp³-hybridized carbons (Fsp3) is 0.727. The highest BCUT2D eigenvalue weighted by molar-refractivity contribution is 7.40. The maximum Gasteiger partial charge on any atom is 0.329 e. The van der Waals surface area contributed by atoms with Gasteiger partial charge in [0.15, 0.2) is 0 Å². The zero-order valence-corrected chi connectivity index (χ0v) is 18.3. The summed E-state index contributed by atoms with van der Waals surface area (Å²) in [6.45, 7) is 10.2. The van der Waals surface area contributed by atoms with E-state index >= 15 is 0 Å². The van der Waals surface area contributed by atoms with Gasteiger partial charge in [-0.25, -0.2) is 0 Å². The second-order valence-electron chi connectivity index (χ2n) is 7.55. The molecule has 0 amide bonds. The Morgan fingerprint density at radius 1 is 0.615 bits per heavy atom. The first-order valence-corrected chi connectivity index (χ1v) is 11.4. The van der Waals surface area contributed by atoms with Crippen molar-refractivity contribution in [1.82, 2.24) is 0 Å². The van der Waals surface area contributed by atoms with Crippen molar-refractivity contribution < 1.29 is 13.9 Å². The zero-order chi connectivity index (χ0) is 19.5. The van der Waals surface area contributed by atoms with E-state index in [1.54, 1.807) is 0 Å². The van der Waals surface area contributed by atoms with E-state index < -0.39 is 8.60 Å². The molecule has 0 aliphatic heterocycles. The highest BCUT2D eigenvalue weighted by Gasteiger charge is 2.06. The SMILES string of the molecule is CC(C)CCCCCOP(O)OCCCCCC(C)C.c1ccccc1. The van der Waals surface area contributed by atoms with Crippen LogP contribution in [-0.2, 0) is 9.05 Å². The maximum absolute atomic E-state index is 9.56. The van der Waals surface area contributed by atoms with Crippen LogP contribution in [0.1, 0.15) is 79.1 Å². The minimum atomic E-state index is -1.65. The van der Waals surface area contributed by atoms with Crippen LogP contribution < -0.4 is 0 Å². The van der Waals surface area contributed by atoms with E-state index in [-0.39, 0.29) is 0 Å². The largest absolute Gasteiger partial charge is 0.329 e. The van der Waals surface area contributed by atoms with E-state index in [1.165, 1.54) is 38.5 Å². The molecule has 0 saturated carbocycles. The van der Waals surface area contributed by atoms with E-state index in [1.807, 2.05) is 36.4 Å². The minimum absolute atomic E-state index is 0.619. The molecule has 0 spiro atoms. The summed E-state index contributed by atoms with van der Waals surface area (Å²) in [7, 11) is -1.65. The molecule has 0 unspecified atom stereocenters. The molecule has 152 valence electrons. The van der Waals surface area contributed by atoms with E-state index in [2.05, 4.69) is 27.7 Å². The molecule has 0 bridgehead atoms. The van der Waals surface area contributed by atoms with Crippen LogP contribution in [0.15, 0.2) is 36.4 Å². The first-order valence-electron chi connectivity index (χ1n) is 10.3. The highest BCUT2D eigenvalue weighted by atomic mass is 31.2. The number of hydrogen-bond donors (Lipinski definition) is 1. The summed E-state index contributed by atoms with van der Waals surface area (Å²) in [5.74, 6) is 1.56. The number of benzene rings is 1. The van der Waals surface area contributed by atoms with Crippen molar-refractivity contribution in [1.29, 1.82) is 0 Å². The Bertz CT molecular complexity index is 324. The molecule has 1 N–H and O–H groups in total. The minimum Gasteiger partial charge on any atom is -0.328 e. The van der Waals surface area contributed by atoms with Crippen LogP contribution in [0.5, 0.6) is 0 Å². The van der Waals surface area contributed by atoms with Crippen molar-refractivity contribution in [3.63, 3.8) is 0 Å². The molecular formula is C22H41O3P. The quantitative estimate of drug-likeness (QED) is 0.269. The van der Waals surface area contributed by atoms with Crippen molar-refractivity contribution >= 4 is 8.60 Å². The third-order valence-corrected chi connectivity index (χ3v) is 4.73. The molecule has 3 nitrogen and oxygen atoms in total. The molecule has 0 fully saturated rings. The molecular weight excluding hydrogens is 343 g/mol. The lowest BCUT2D eigenvalue weighted by molar-refractivity contribution is 0.193. The highest BCUT2D eigenvalue weighted by Crippen LogP contribution is 2.33. The fourth-order valence-corrected chi connectivity index (χ4v) is 3.02. The van der Waals surface area contributed by atoms with Gasteiger partial charge in [0.25, 0.3) is 0 Å². The van der Waals surface area contributed by atoms with E-state index in [9.17, 15) is 4.89 Å². The second kappa shape index (κ2) is 19.3. The molecule has 0 aromatic heterocycles. The van der Waals surface area contributed by atoms with Crippen LogP contribution in [0, 0.1) is 11.8 Å². The molecule has 26 heavy (non-hydrogen) atoms. The molecule has 1 aromatic carbocycles. The lowest BCUT2D eigenvalue weighted by Gasteiger charge is -2.11. The lowest BCUT2D eigenvalue weighted by atomic mass is 10.1. The molecule has 0 radical (unpaired) electrons. The third-order valence-electron chi connectivity index (χ3n) is 3.92. The Morgan fingerprint density at radius 2 is 0.962 bits per heavy atom. The van der Waals surface area contributed by atoms with Gasteiger partial charge in [0.1, 0.15) is 0 Å². The van der Waals surface area contributed by atoms with E-state index in [0.29, 0.717) is 13.2 Å². The summed E-state index contributed by atoms with van der Waals surface area (Å²) in [6, 6.07) is 12.0. The van der Waals surface area contributed by atoms with Crippen molar-refractivity contribution in [2.45, 2.75) is 79.1 Å². The average Bonchev–Trinajstić information content (AvgIpc) is 2.62. The van der Waals surface area contributed by atoms with Gasteiger partial charge in [-0.3, -0.25) is 0 Å². The Labute approximate surface area is 163 Å². The maximum atomic E-state index is 9.56. The van der Waals surface area contributed by atoms with Crippen LogP contribution >= 0.6 is 8.60 Å². The van der Waals surface area contributed by atoms with Crippen molar-refractivity contribution in [3.8, 4) is 0 Å². The van der Waals surface area contributed by atoms with Crippen LogP contribution in [0.25, 0.3) is 0 Å². The summed E-state index contributed by atoms with van der Waals surface area (Å²) in [4.78, 5) is 9.56. The van der Waals surface area contributed by atoms with Crippen LogP contribution in [0.4, 0.5) is 0 Å². The van der Waals surface area contributed by atoms with Gasteiger partial charge in [0.2, 0.25) is 0 Å². The lowest BCUT2D eigenvalue weighted by Crippen LogP contribution is -1.96. The number of unbranched alkanes of at least 4 members (excludes halogenated alkanes) is 4. The molecule has 1 aromatic rings. The number of rotatable bonds is 14. The first kappa shape index (κ1) is 25.5. The van der Waals surface area contributed by atoms with Gasteiger partial charge < -0.3 is 13.9 Å². The number of hydrogen-bond acceptors (Lipinski definition) is 3. The van der Waals surface area contributed by atoms with Crippen molar-refractivity contribution in [2.24, 2.45) is 11.8 Å². The molecule has 0 aliphatic rings. The average molecular weight is 385 g/mol. The standard InChI is InChI=1S/C16H35O3P.C6H6/c1-15(2)11-7-5-9-13-18-20(17)19-14-10-6-8-12-16(3)4;1-2-4-6-5-3-1/h15-17H,5-14H2,1-4H3;1-6H. The Morgan fingerprint density at radius 3 is 1.27 bits per heavy atom. The van der Waals surface area contributed by atoms with Gasteiger partial charge in [-0.15, -0.1) is 0 Å². The van der Waals surface area contributed by atoms with Crippen molar-refractivity contribution in [3.05, 3.63) is 36.4 Å². The molecule has 0 heterocycles. The first-order chi connectivity index (χ1) is 12.5. The van der Waals surface area contributed by atoms with Crippen LogP contribution in [-0.4, -0.2) is 18.1 Å². The summed E-state index contributed by atoms with van der Waals surface area (Å²) < 4.78 is 10.6. The normalized spacial score (nSPS) is 11.1. The molecule has 0 saturated heterocycles. The zero-order valence-electron chi connectivity index (χ0n) is 17.4. The molecule has 0 atom stereocenters. The van der Waals surface area contributed by atoms with Gasteiger partial charge in [-0.2, -0.15) is 0 Å². The van der Waals surface area contributed by atoms with Crippen LogP contribution in [0.3, 0.4) is 0 Å². The smallest absolute Gasteiger partial charge is 0.328 e.